The van der Waals surface area contributed by atoms with Crippen molar-refractivity contribution in [2.75, 3.05) is 65.7 Å². The monoisotopic (exact) mass is 693 g/mol. The van der Waals surface area contributed by atoms with Gasteiger partial charge in [0.05, 0.1) is 26.4 Å². The molecule has 2 amide bonds. The topological polar surface area (TPSA) is 217 Å². The molecule has 0 aromatic heterocycles. The molecule has 0 aliphatic carbocycles. The van der Waals surface area contributed by atoms with Crippen molar-refractivity contribution in [1.29, 1.82) is 0 Å². The second kappa shape index (κ2) is 16.8. The third-order valence-corrected chi connectivity index (χ3v) is 9.95. The van der Waals surface area contributed by atoms with Crippen LogP contribution in [0.4, 0.5) is 0 Å². The fourth-order valence-electron chi connectivity index (χ4n) is 6.68. The summed E-state index contributed by atoms with van der Waals surface area (Å²) in [5.41, 5.74) is 11.3. The zero-order chi connectivity index (χ0) is 36.6. The van der Waals surface area contributed by atoms with E-state index in [0.717, 1.165) is 16.7 Å². The third-order valence-electron chi connectivity index (χ3n) is 9.95. The Kier molecular flexibility index (Phi) is 13.0. The van der Waals surface area contributed by atoms with Crippen LogP contribution in [0.2, 0.25) is 0 Å². The number of carbonyl (C=O) groups is 2. The smallest absolute Gasteiger partial charge is 0.232 e. The molecule has 13 nitrogen and oxygen atoms in total. The first-order chi connectivity index (χ1) is 23.8. The second-order valence-electron chi connectivity index (χ2n) is 13.5. The van der Waals surface area contributed by atoms with E-state index in [4.69, 9.17) is 11.5 Å². The molecule has 1 saturated heterocycles. The average molecular weight is 694 g/mol. The predicted molar refractivity (Wildman–Crippen MR) is 188 cm³/mol. The Hall–Kier alpha value is -4.08. The molecular formula is C37H51N5O8. The number of hydrogen-bond acceptors (Lipinski definition) is 11. The first-order valence-electron chi connectivity index (χ1n) is 16.7. The van der Waals surface area contributed by atoms with Gasteiger partial charge in [-0.05, 0) is 19.4 Å². The molecule has 3 aromatic rings. The summed E-state index contributed by atoms with van der Waals surface area (Å²) in [6.45, 7) is 5.61. The standard InChI is InChI=1S/C37H51N5O8/c1-25-14-28(32(47)30(16-25)36(21-43,22-44)34(38)49)19-41-10-8-40(18-27-6-4-3-5-7-27)9-11-42(13-12-41)20-29-15-26(2)17-31(33(29)48)37(23-45,24-46)35(39)50/h3-7,14-17,43-48H,8-13,18-24H2,1-2H3,(H2,38,49)(H2,39,50). The number of aliphatic hydroxyl groups excluding tert-OH is 4. The van der Waals surface area contributed by atoms with Crippen LogP contribution in [0.5, 0.6) is 11.5 Å². The molecule has 0 spiro atoms. The Morgan fingerprint density at radius 1 is 0.600 bits per heavy atom. The number of aromatic hydroxyl groups is 2. The largest absolute Gasteiger partial charge is 0.507 e. The van der Waals surface area contributed by atoms with E-state index in [1.807, 2.05) is 30.3 Å². The first kappa shape index (κ1) is 38.7. The first-order valence-corrected chi connectivity index (χ1v) is 16.7. The minimum absolute atomic E-state index is 0.0742. The van der Waals surface area contributed by atoms with Gasteiger partial charge < -0.3 is 42.1 Å². The molecule has 0 unspecified atom stereocenters. The minimum atomic E-state index is -1.85. The van der Waals surface area contributed by atoms with Crippen LogP contribution in [-0.4, -0.2) is 123 Å². The van der Waals surface area contributed by atoms with E-state index in [2.05, 4.69) is 26.8 Å². The molecule has 1 heterocycles. The van der Waals surface area contributed by atoms with Gasteiger partial charge in [-0.3, -0.25) is 24.3 Å². The van der Waals surface area contributed by atoms with Crippen molar-refractivity contribution in [3.63, 3.8) is 0 Å². The van der Waals surface area contributed by atoms with Gasteiger partial charge in [-0.15, -0.1) is 0 Å². The highest BCUT2D eigenvalue weighted by atomic mass is 16.3. The number of carbonyl (C=O) groups excluding carboxylic acids is 2. The number of primary amides is 2. The summed E-state index contributed by atoms with van der Waals surface area (Å²) in [7, 11) is 0. The normalized spacial score (nSPS) is 15.7. The van der Waals surface area contributed by atoms with Crippen LogP contribution < -0.4 is 11.5 Å². The number of phenols is 2. The molecule has 10 N–H and O–H groups in total. The van der Waals surface area contributed by atoms with Gasteiger partial charge in [0.15, 0.2) is 0 Å². The van der Waals surface area contributed by atoms with Crippen LogP contribution >= 0.6 is 0 Å². The highest BCUT2D eigenvalue weighted by molar-refractivity contribution is 5.89. The second-order valence-corrected chi connectivity index (χ2v) is 13.5. The summed E-state index contributed by atoms with van der Waals surface area (Å²) in [5, 5.41) is 63.3. The lowest BCUT2D eigenvalue weighted by Crippen LogP contribution is -2.47. The highest BCUT2D eigenvalue weighted by Crippen LogP contribution is 2.37. The number of aryl methyl sites for hydroxylation is 2. The van der Waals surface area contributed by atoms with Gasteiger partial charge in [-0.1, -0.05) is 65.7 Å². The number of aliphatic hydroxyl groups is 4. The predicted octanol–water partition coefficient (Wildman–Crippen LogP) is -0.0500. The lowest BCUT2D eigenvalue weighted by molar-refractivity contribution is -0.127. The number of phenolic OH excluding ortho intramolecular Hbond substituents is 2. The van der Waals surface area contributed by atoms with Crippen LogP contribution in [0, 0.1) is 13.8 Å². The van der Waals surface area contributed by atoms with E-state index in [1.165, 1.54) is 0 Å². The number of nitrogens with two attached hydrogens (primary N) is 2. The number of hydrogen-bond donors (Lipinski definition) is 8. The van der Waals surface area contributed by atoms with Gasteiger partial charge in [-0.2, -0.15) is 0 Å². The summed E-state index contributed by atoms with van der Waals surface area (Å²) in [6, 6.07) is 16.8. The van der Waals surface area contributed by atoms with Gasteiger partial charge >= 0.3 is 0 Å². The SMILES string of the molecule is Cc1cc(CN2CCN(Cc3ccccc3)CCN(Cc3cc(C)cc(C(CO)(CO)C(N)=O)c3O)CC2)c(O)c(C(CO)(CO)C(N)=O)c1. The molecule has 0 radical (unpaired) electrons. The molecular weight excluding hydrogens is 642 g/mol. The van der Waals surface area contributed by atoms with E-state index >= 15 is 0 Å². The molecule has 0 bridgehead atoms. The van der Waals surface area contributed by atoms with Crippen molar-refractivity contribution in [3.05, 3.63) is 93.5 Å². The van der Waals surface area contributed by atoms with Crippen LogP contribution in [0.3, 0.4) is 0 Å². The van der Waals surface area contributed by atoms with Crippen LogP contribution in [-0.2, 0) is 40.1 Å². The molecule has 3 aromatic carbocycles. The average Bonchev–Trinajstić information content (AvgIpc) is 3.17. The molecule has 0 atom stereocenters. The molecule has 272 valence electrons. The van der Waals surface area contributed by atoms with Gasteiger partial charge in [0.2, 0.25) is 11.8 Å². The fraction of sp³-hybridized carbons (Fsp3) is 0.459. The van der Waals surface area contributed by atoms with Crippen LogP contribution in [0.25, 0.3) is 0 Å². The van der Waals surface area contributed by atoms with Gasteiger partial charge in [-0.25, -0.2) is 0 Å². The number of benzene rings is 3. The molecule has 50 heavy (non-hydrogen) atoms. The van der Waals surface area contributed by atoms with Crippen molar-refractivity contribution in [3.8, 4) is 11.5 Å². The zero-order valence-corrected chi connectivity index (χ0v) is 28.9. The molecule has 0 saturated carbocycles. The molecule has 1 fully saturated rings. The summed E-state index contributed by atoms with van der Waals surface area (Å²) in [5.74, 6) is -2.31. The summed E-state index contributed by atoms with van der Waals surface area (Å²) < 4.78 is 0. The maximum Gasteiger partial charge on any atom is 0.232 e. The third kappa shape index (κ3) is 8.27. The number of nitrogens with zero attached hydrogens (tertiary/aromatic N) is 3. The van der Waals surface area contributed by atoms with Gasteiger partial charge in [0, 0.05) is 81.2 Å². The lowest BCUT2D eigenvalue weighted by Gasteiger charge is -2.31. The maximum atomic E-state index is 12.4. The Bertz CT molecular complexity index is 1530. The van der Waals surface area contributed by atoms with E-state index < -0.39 is 49.1 Å². The van der Waals surface area contributed by atoms with E-state index in [1.54, 1.807) is 26.0 Å². The van der Waals surface area contributed by atoms with E-state index in [0.29, 0.717) is 70.0 Å². The zero-order valence-electron chi connectivity index (χ0n) is 28.9. The van der Waals surface area contributed by atoms with Crippen molar-refractivity contribution in [2.24, 2.45) is 11.5 Å². The van der Waals surface area contributed by atoms with E-state index in [9.17, 15) is 40.2 Å². The van der Waals surface area contributed by atoms with Crippen molar-refractivity contribution >= 4 is 11.8 Å². The Balaban J connectivity index is 1.68. The van der Waals surface area contributed by atoms with Gasteiger partial charge in [0.1, 0.15) is 22.3 Å². The minimum Gasteiger partial charge on any atom is -0.507 e. The lowest BCUT2D eigenvalue weighted by atomic mass is 9.79. The molecule has 1 aliphatic heterocycles. The fourth-order valence-corrected chi connectivity index (χ4v) is 6.68. The molecule has 13 heteroatoms. The van der Waals surface area contributed by atoms with Crippen molar-refractivity contribution in [1.82, 2.24) is 14.7 Å². The summed E-state index contributed by atoms with van der Waals surface area (Å²) in [4.78, 5) is 31.6. The highest BCUT2D eigenvalue weighted by Gasteiger charge is 2.42. The van der Waals surface area contributed by atoms with E-state index in [-0.39, 0.29) is 22.6 Å². The Morgan fingerprint density at radius 2 is 0.940 bits per heavy atom. The van der Waals surface area contributed by atoms with Gasteiger partial charge in [0.25, 0.3) is 0 Å². The summed E-state index contributed by atoms with van der Waals surface area (Å²) in [6.07, 6.45) is 0. The maximum absolute atomic E-state index is 12.4. The Morgan fingerprint density at radius 3 is 1.26 bits per heavy atom. The Labute approximate surface area is 293 Å². The quantitative estimate of drug-likeness (QED) is 0.112. The summed E-state index contributed by atoms with van der Waals surface area (Å²) >= 11 is 0. The van der Waals surface area contributed by atoms with Crippen LogP contribution in [0.15, 0.2) is 54.6 Å². The molecule has 4 rings (SSSR count). The van der Waals surface area contributed by atoms with Crippen LogP contribution in [0.1, 0.15) is 38.9 Å². The van der Waals surface area contributed by atoms with Crippen molar-refractivity contribution < 1.29 is 40.2 Å². The molecule has 1 aliphatic rings. The number of amides is 2. The number of rotatable bonds is 14. The van der Waals surface area contributed by atoms with Crippen molar-refractivity contribution in [2.45, 2.75) is 44.3 Å².